The Kier molecular flexibility index (Phi) is 6.88. The van der Waals surface area contributed by atoms with Gasteiger partial charge in [0.2, 0.25) is 15.9 Å². The summed E-state index contributed by atoms with van der Waals surface area (Å²) in [6.45, 7) is 0.367. The number of carbonyl (C=O) groups is 1. The van der Waals surface area contributed by atoms with E-state index in [-0.39, 0.29) is 28.9 Å². The number of benzene rings is 3. The van der Waals surface area contributed by atoms with Crippen molar-refractivity contribution < 1.29 is 22.7 Å². The topological polar surface area (TPSA) is 76.2 Å². The Balaban J connectivity index is 1.67. The Bertz CT molecular complexity index is 1250. The molecule has 0 radical (unpaired) electrons. The van der Waals surface area contributed by atoms with E-state index in [0.29, 0.717) is 30.3 Å². The van der Waals surface area contributed by atoms with Crippen molar-refractivity contribution in [3.63, 3.8) is 0 Å². The van der Waals surface area contributed by atoms with Gasteiger partial charge in [0.1, 0.15) is 18.1 Å². The van der Waals surface area contributed by atoms with Crippen molar-refractivity contribution in [2.24, 2.45) is 0 Å². The number of methoxy groups -OCH3 is 1. The van der Waals surface area contributed by atoms with E-state index < -0.39 is 10.0 Å². The fourth-order valence-corrected chi connectivity index (χ4v) is 5.36. The van der Waals surface area contributed by atoms with Crippen molar-refractivity contribution >= 4 is 33.2 Å². The monoisotopic (exact) mass is 486 g/mol. The maximum Gasteiger partial charge on any atom is 0.243 e. The second kappa shape index (κ2) is 9.82. The number of nitrogens with zero attached hydrogens (tertiary/aromatic N) is 2. The predicted octanol–water partition coefficient (Wildman–Crippen LogP) is 3.97. The molecule has 0 atom stereocenters. The first kappa shape index (κ1) is 23.1. The second-order valence-electron chi connectivity index (χ2n) is 7.42. The molecule has 0 bridgehead atoms. The zero-order valence-corrected chi connectivity index (χ0v) is 19.6. The molecule has 3 aromatic rings. The lowest BCUT2D eigenvalue weighted by atomic mass is 10.2. The Morgan fingerprint density at radius 3 is 2.55 bits per heavy atom. The van der Waals surface area contributed by atoms with Gasteiger partial charge in [-0.25, -0.2) is 8.42 Å². The third-order valence-corrected chi connectivity index (χ3v) is 7.39. The average molecular weight is 487 g/mol. The fraction of sp³-hybridized carbons (Fsp3) is 0.208. The fourth-order valence-electron chi connectivity index (χ4n) is 3.63. The summed E-state index contributed by atoms with van der Waals surface area (Å²) in [7, 11) is -2.59. The van der Waals surface area contributed by atoms with Crippen LogP contribution in [0.3, 0.4) is 0 Å². The first-order valence-electron chi connectivity index (χ1n) is 10.3. The van der Waals surface area contributed by atoms with Gasteiger partial charge >= 0.3 is 0 Å². The van der Waals surface area contributed by atoms with Crippen molar-refractivity contribution in [3.05, 3.63) is 83.4 Å². The molecule has 4 rings (SSSR count). The van der Waals surface area contributed by atoms with E-state index >= 15 is 0 Å². The molecule has 0 saturated carbocycles. The number of hydrogen-bond acceptors (Lipinski definition) is 5. The second-order valence-corrected chi connectivity index (χ2v) is 9.76. The molecule has 0 aromatic heterocycles. The number of rotatable bonds is 7. The van der Waals surface area contributed by atoms with Crippen LogP contribution in [0.1, 0.15) is 5.56 Å². The smallest absolute Gasteiger partial charge is 0.243 e. The summed E-state index contributed by atoms with van der Waals surface area (Å²) in [5.74, 6) is 0.618. The number of carbonyl (C=O) groups excluding carboxylic acids is 1. The van der Waals surface area contributed by atoms with Crippen molar-refractivity contribution in [1.82, 2.24) is 4.31 Å². The van der Waals surface area contributed by atoms with Crippen LogP contribution in [0.15, 0.2) is 77.7 Å². The van der Waals surface area contributed by atoms with Crippen LogP contribution in [0.2, 0.25) is 5.02 Å². The first-order chi connectivity index (χ1) is 15.9. The van der Waals surface area contributed by atoms with Crippen molar-refractivity contribution in [2.45, 2.75) is 11.4 Å². The molecule has 9 heteroatoms. The van der Waals surface area contributed by atoms with Gasteiger partial charge in [-0.2, -0.15) is 4.31 Å². The van der Waals surface area contributed by atoms with Crippen LogP contribution < -0.4 is 14.4 Å². The van der Waals surface area contributed by atoms with Gasteiger partial charge in [-0.15, -0.1) is 0 Å². The van der Waals surface area contributed by atoms with Gasteiger partial charge in [0.25, 0.3) is 0 Å². The largest absolute Gasteiger partial charge is 0.495 e. The zero-order chi connectivity index (χ0) is 23.4. The SMILES string of the molecule is COc1ccc(S(=O)(=O)N(CC(=O)N2CCOc3ccccc32)Cc2ccccc2)cc1Cl. The lowest BCUT2D eigenvalue weighted by molar-refractivity contribution is -0.119. The quantitative estimate of drug-likeness (QED) is 0.505. The van der Waals surface area contributed by atoms with E-state index in [1.165, 1.54) is 29.6 Å². The van der Waals surface area contributed by atoms with Crippen molar-refractivity contribution in [3.8, 4) is 11.5 Å². The predicted molar refractivity (Wildman–Crippen MR) is 126 cm³/mol. The Labute approximate surface area is 198 Å². The summed E-state index contributed by atoms with van der Waals surface area (Å²) in [6.07, 6.45) is 0. The maximum absolute atomic E-state index is 13.6. The third-order valence-electron chi connectivity index (χ3n) is 5.30. The van der Waals surface area contributed by atoms with E-state index in [1.54, 1.807) is 17.0 Å². The van der Waals surface area contributed by atoms with Crippen LogP contribution in [0.25, 0.3) is 0 Å². The number of hydrogen-bond donors (Lipinski definition) is 0. The molecule has 172 valence electrons. The lowest BCUT2D eigenvalue weighted by Crippen LogP contribution is -2.45. The molecule has 1 aliphatic heterocycles. The molecular formula is C24H23ClN2O5S. The van der Waals surface area contributed by atoms with Crippen molar-refractivity contribution in [2.75, 3.05) is 31.7 Å². The molecule has 7 nitrogen and oxygen atoms in total. The normalized spacial score (nSPS) is 13.4. The number of halogens is 1. The van der Waals surface area contributed by atoms with Crippen LogP contribution >= 0.6 is 11.6 Å². The highest BCUT2D eigenvalue weighted by Crippen LogP contribution is 2.32. The lowest BCUT2D eigenvalue weighted by Gasteiger charge is -2.31. The van der Waals surface area contributed by atoms with Gasteiger partial charge in [0.15, 0.2) is 0 Å². The Hall–Kier alpha value is -3.07. The van der Waals surface area contributed by atoms with Crippen LogP contribution in [0.4, 0.5) is 5.69 Å². The van der Waals surface area contributed by atoms with Crippen LogP contribution in [-0.2, 0) is 21.4 Å². The first-order valence-corrected chi connectivity index (χ1v) is 12.1. The Morgan fingerprint density at radius 2 is 1.82 bits per heavy atom. The standard InChI is InChI=1S/C24H23ClN2O5S/c1-31-22-12-11-19(15-20(22)25)33(29,30)26(16-18-7-3-2-4-8-18)17-24(28)27-13-14-32-23-10-6-5-9-21(23)27/h2-12,15H,13-14,16-17H2,1H3. The zero-order valence-electron chi connectivity index (χ0n) is 18.0. The molecule has 33 heavy (non-hydrogen) atoms. The summed E-state index contributed by atoms with van der Waals surface area (Å²) in [5, 5.41) is 0.173. The molecular weight excluding hydrogens is 464 g/mol. The minimum Gasteiger partial charge on any atom is -0.495 e. The minimum atomic E-state index is -4.04. The minimum absolute atomic E-state index is 0.0144. The highest BCUT2D eigenvalue weighted by molar-refractivity contribution is 7.89. The summed E-state index contributed by atoms with van der Waals surface area (Å²) in [6, 6.07) is 20.6. The van der Waals surface area contributed by atoms with E-state index in [9.17, 15) is 13.2 Å². The van der Waals surface area contributed by atoms with Crippen LogP contribution in [0.5, 0.6) is 11.5 Å². The van der Waals surface area contributed by atoms with Gasteiger partial charge in [0, 0.05) is 6.54 Å². The summed E-state index contributed by atoms with van der Waals surface area (Å²) in [5.41, 5.74) is 1.38. The molecule has 0 aliphatic carbocycles. The highest BCUT2D eigenvalue weighted by Gasteiger charge is 2.31. The number of sulfonamides is 1. The molecule has 3 aromatic carbocycles. The molecule has 1 amide bonds. The summed E-state index contributed by atoms with van der Waals surface area (Å²) >= 11 is 6.19. The van der Waals surface area contributed by atoms with Gasteiger partial charge in [-0.1, -0.05) is 54.1 Å². The number of ether oxygens (including phenoxy) is 2. The number of amides is 1. The molecule has 0 unspecified atom stereocenters. The van der Waals surface area contributed by atoms with E-state index in [0.717, 1.165) is 5.56 Å². The van der Waals surface area contributed by atoms with E-state index in [4.69, 9.17) is 21.1 Å². The Morgan fingerprint density at radius 1 is 1.09 bits per heavy atom. The van der Waals surface area contributed by atoms with Crippen LogP contribution in [-0.4, -0.2) is 45.4 Å². The van der Waals surface area contributed by atoms with Crippen LogP contribution in [0, 0.1) is 0 Å². The molecule has 1 aliphatic rings. The van der Waals surface area contributed by atoms with Gasteiger partial charge in [-0.3, -0.25) is 4.79 Å². The number of fused-ring (bicyclic) bond motifs is 1. The molecule has 0 N–H and O–H groups in total. The number of para-hydroxylation sites is 2. The van der Waals surface area contributed by atoms with Gasteiger partial charge < -0.3 is 14.4 Å². The molecule has 0 spiro atoms. The van der Waals surface area contributed by atoms with Crippen molar-refractivity contribution in [1.29, 1.82) is 0 Å². The third kappa shape index (κ3) is 4.98. The average Bonchev–Trinajstić information content (AvgIpc) is 2.83. The highest BCUT2D eigenvalue weighted by atomic mass is 35.5. The molecule has 1 heterocycles. The summed E-state index contributed by atoms with van der Waals surface area (Å²) < 4.78 is 39.1. The molecule has 0 fully saturated rings. The summed E-state index contributed by atoms with van der Waals surface area (Å²) in [4.78, 5) is 14.9. The van der Waals surface area contributed by atoms with E-state index in [2.05, 4.69) is 0 Å². The molecule has 0 saturated heterocycles. The number of anilines is 1. The van der Waals surface area contributed by atoms with E-state index in [1.807, 2.05) is 42.5 Å². The maximum atomic E-state index is 13.6. The van der Waals surface area contributed by atoms with Gasteiger partial charge in [-0.05, 0) is 35.9 Å². The van der Waals surface area contributed by atoms with Gasteiger partial charge in [0.05, 0.1) is 35.8 Å².